The van der Waals surface area contributed by atoms with Gasteiger partial charge in [-0.1, -0.05) is 20.8 Å². The molecule has 1 aromatic heterocycles. The average Bonchev–Trinajstić information content (AvgIpc) is 2.47. The summed E-state index contributed by atoms with van der Waals surface area (Å²) in [6.07, 6.45) is 2.83. The van der Waals surface area contributed by atoms with Crippen molar-refractivity contribution in [1.29, 1.82) is 0 Å². The quantitative estimate of drug-likeness (QED) is 0.604. The Morgan fingerprint density at radius 2 is 2.31 bits per heavy atom. The van der Waals surface area contributed by atoms with E-state index < -0.39 is 0 Å². The van der Waals surface area contributed by atoms with Gasteiger partial charge >= 0.3 is 0 Å². The van der Waals surface area contributed by atoms with Gasteiger partial charge in [-0.25, -0.2) is 0 Å². The van der Waals surface area contributed by atoms with E-state index in [0.29, 0.717) is 6.73 Å². The highest BCUT2D eigenvalue weighted by molar-refractivity contribution is 4.94. The van der Waals surface area contributed by atoms with Crippen molar-refractivity contribution >= 4 is 0 Å². The summed E-state index contributed by atoms with van der Waals surface area (Å²) in [5.74, 6) is 1.03. The summed E-state index contributed by atoms with van der Waals surface area (Å²) >= 11 is 0. The molecule has 1 aliphatic heterocycles. The lowest BCUT2D eigenvalue weighted by atomic mass is 9.86. The van der Waals surface area contributed by atoms with Crippen LogP contribution in [-0.4, -0.2) is 20.9 Å². The van der Waals surface area contributed by atoms with Crippen molar-refractivity contribution in [2.75, 3.05) is 0 Å². The number of aromatic nitrogens is 3. The molecule has 1 aromatic rings. The molecule has 2 heterocycles. The molecule has 4 nitrogen and oxygen atoms in total. The summed E-state index contributed by atoms with van der Waals surface area (Å²) in [7, 11) is 0. The Balaban J connectivity index is 2.18. The summed E-state index contributed by atoms with van der Waals surface area (Å²) in [6, 6.07) is 0. The minimum absolute atomic E-state index is 0.178. The second-order valence-electron chi connectivity index (χ2n) is 4.57. The monoisotopic (exact) mass is 181 g/mol. The molecule has 0 fully saturated rings. The Kier molecular flexibility index (Phi) is 1.87. The second kappa shape index (κ2) is 2.80. The fourth-order valence-corrected chi connectivity index (χ4v) is 1.50. The van der Waals surface area contributed by atoms with Gasteiger partial charge in [0.1, 0.15) is 18.9 Å². The molecule has 0 saturated carbocycles. The molecular weight excluding hydrogens is 166 g/mol. The standard InChI is InChI=1S/C9H15N3O/c1-9(2,3)7-4-8-11-10-5-12(8)6-13-7/h5,7H,4,6H2,1-3H3. The molecule has 0 N–H and O–H groups in total. The van der Waals surface area contributed by atoms with Gasteiger partial charge in [-0.05, 0) is 5.41 Å². The summed E-state index contributed by atoms with van der Waals surface area (Å²) in [5, 5.41) is 7.91. The van der Waals surface area contributed by atoms with Crippen LogP contribution in [0.3, 0.4) is 0 Å². The van der Waals surface area contributed by atoms with Crippen LogP contribution in [0.5, 0.6) is 0 Å². The molecule has 4 heteroatoms. The van der Waals surface area contributed by atoms with E-state index in [2.05, 4.69) is 31.0 Å². The molecule has 0 aliphatic carbocycles. The first-order valence-corrected chi connectivity index (χ1v) is 4.55. The SMILES string of the molecule is CC(C)(C)C1Cc2nncn2CO1. The summed E-state index contributed by atoms with van der Waals surface area (Å²) < 4.78 is 7.66. The number of rotatable bonds is 0. The van der Waals surface area contributed by atoms with Crippen LogP contribution >= 0.6 is 0 Å². The summed E-state index contributed by atoms with van der Waals surface area (Å²) in [6.45, 7) is 7.14. The van der Waals surface area contributed by atoms with Crippen LogP contribution in [0.1, 0.15) is 26.6 Å². The second-order valence-corrected chi connectivity index (χ2v) is 4.57. The minimum atomic E-state index is 0.178. The molecule has 0 spiro atoms. The van der Waals surface area contributed by atoms with Crippen molar-refractivity contribution in [2.45, 2.75) is 40.0 Å². The fourth-order valence-electron chi connectivity index (χ4n) is 1.50. The predicted molar refractivity (Wildman–Crippen MR) is 48.1 cm³/mol. The van der Waals surface area contributed by atoms with E-state index >= 15 is 0 Å². The Bertz CT molecular complexity index is 300. The van der Waals surface area contributed by atoms with Crippen molar-refractivity contribution < 1.29 is 4.74 Å². The summed E-state index contributed by atoms with van der Waals surface area (Å²) in [4.78, 5) is 0. The van der Waals surface area contributed by atoms with Gasteiger partial charge in [0.25, 0.3) is 0 Å². The van der Waals surface area contributed by atoms with Crippen LogP contribution in [0.15, 0.2) is 6.33 Å². The maximum Gasteiger partial charge on any atom is 0.137 e. The van der Waals surface area contributed by atoms with Crippen molar-refractivity contribution in [3.8, 4) is 0 Å². The first-order chi connectivity index (χ1) is 6.07. The van der Waals surface area contributed by atoms with E-state index in [1.807, 2.05) is 4.57 Å². The van der Waals surface area contributed by atoms with Crippen LogP contribution in [0.4, 0.5) is 0 Å². The van der Waals surface area contributed by atoms with Crippen molar-refractivity contribution in [3.63, 3.8) is 0 Å². The van der Waals surface area contributed by atoms with Crippen molar-refractivity contribution in [3.05, 3.63) is 12.2 Å². The molecule has 1 aliphatic rings. The van der Waals surface area contributed by atoms with Gasteiger partial charge in [-0.15, -0.1) is 10.2 Å². The van der Waals surface area contributed by atoms with Crippen LogP contribution in [0, 0.1) is 5.41 Å². The van der Waals surface area contributed by atoms with Crippen LogP contribution in [-0.2, 0) is 17.9 Å². The van der Waals surface area contributed by atoms with E-state index in [1.54, 1.807) is 6.33 Å². The smallest absolute Gasteiger partial charge is 0.137 e. The molecule has 1 unspecified atom stereocenters. The first kappa shape index (κ1) is 8.69. The van der Waals surface area contributed by atoms with Crippen LogP contribution < -0.4 is 0 Å². The Morgan fingerprint density at radius 1 is 1.54 bits per heavy atom. The highest BCUT2D eigenvalue weighted by Gasteiger charge is 2.30. The molecule has 0 saturated heterocycles. The highest BCUT2D eigenvalue weighted by atomic mass is 16.5. The number of fused-ring (bicyclic) bond motifs is 1. The molecule has 0 bridgehead atoms. The maximum atomic E-state index is 5.71. The van der Waals surface area contributed by atoms with Gasteiger partial charge in [0.05, 0.1) is 6.10 Å². The lowest BCUT2D eigenvalue weighted by Crippen LogP contribution is -2.36. The van der Waals surface area contributed by atoms with Gasteiger partial charge in [0.15, 0.2) is 0 Å². The van der Waals surface area contributed by atoms with E-state index in [-0.39, 0.29) is 11.5 Å². The largest absolute Gasteiger partial charge is 0.356 e. The molecule has 0 aromatic carbocycles. The lowest BCUT2D eigenvalue weighted by molar-refractivity contribution is -0.0704. The third-order valence-corrected chi connectivity index (χ3v) is 2.44. The first-order valence-electron chi connectivity index (χ1n) is 4.55. The Labute approximate surface area is 77.9 Å². The maximum absolute atomic E-state index is 5.71. The number of hydrogen-bond acceptors (Lipinski definition) is 3. The van der Waals surface area contributed by atoms with Gasteiger partial charge < -0.3 is 4.74 Å². The van der Waals surface area contributed by atoms with Gasteiger partial charge in [-0.3, -0.25) is 4.57 Å². The van der Waals surface area contributed by atoms with E-state index in [1.165, 1.54) is 0 Å². The Hall–Kier alpha value is -0.900. The zero-order valence-corrected chi connectivity index (χ0v) is 8.32. The van der Waals surface area contributed by atoms with Gasteiger partial charge in [0.2, 0.25) is 0 Å². The van der Waals surface area contributed by atoms with Crippen molar-refractivity contribution in [2.24, 2.45) is 5.41 Å². The van der Waals surface area contributed by atoms with E-state index in [4.69, 9.17) is 4.74 Å². The molecule has 2 rings (SSSR count). The van der Waals surface area contributed by atoms with Crippen molar-refractivity contribution in [1.82, 2.24) is 14.8 Å². The topological polar surface area (TPSA) is 39.9 Å². The molecule has 0 amide bonds. The van der Waals surface area contributed by atoms with E-state index in [0.717, 1.165) is 12.2 Å². The minimum Gasteiger partial charge on any atom is -0.356 e. The molecule has 13 heavy (non-hydrogen) atoms. The molecule has 1 atom stereocenters. The zero-order valence-electron chi connectivity index (χ0n) is 8.32. The fraction of sp³-hybridized carbons (Fsp3) is 0.778. The molecule has 72 valence electrons. The third kappa shape index (κ3) is 1.58. The summed E-state index contributed by atoms with van der Waals surface area (Å²) in [5.41, 5.74) is 0.178. The van der Waals surface area contributed by atoms with Gasteiger partial charge in [-0.2, -0.15) is 0 Å². The third-order valence-electron chi connectivity index (χ3n) is 2.44. The number of ether oxygens (including phenoxy) is 1. The number of hydrogen-bond donors (Lipinski definition) is 0. The Morgan fingerprint density at radius 3 is 3.00 bits per heavy atom. The predicted octanol–water partition coefficient (Wildman–Crippen LogP) is 1.22. The van der Waals surface area contributed by atoms with Crippen LogP contribution in [0.25, 0.3) is 0 Å². The van der Waals surface area contributed by atoms with Crippen LogP contribution in [0.2, 0.25) is 0 Å². The average molecular weight is 181 g/mol. The zero-order chi connectivity index (χ0) is 9.47. The molecular formula is C9H15N3O. The lowest BCUT2D eigenvalue weighted by Gasteiger charge is -2.33. The normalized spacial score (nSPS) is 22.8. The molecule has 0 radical (unpaired) electrons. The number of nitrogens with zero attached hydrogens (tertiary/aromatic N) is 3. The van der Waals surface area contributed by atoms with E-state index in [9.17, 15) is 0 Å². The van der Waals surface area contributed by atoms with Gasteiger partial charge in [0, 0.05) is 6.42 Å². The highest BCUT2D eigenvalue weighted by Crippen LogP contribution is 2.27.